The lowest BCUT2D eigenvalue weighted by atomic mass is 10.5. The SMILES string of the molecule is CCOC(OCC)C([Si])(OCC)OCC. The molecule has 0 aliphatic rings. The third kappa shape index (κ3) is 5.08. The summed E-state index contributed by atoms with van der Waals surface area (Å²) >= 11 is 0. The fourth-order valence-corrected chi connectivity index (χ4v) is 1.63. The van der Waals surface area contributed by atoms with Crippen molar-refractivity contribution in [3.63, 3.8) is 0 Å². The van der Waals surface area contributed by atoms with Gasteiger partial charge in [-0.15, -0.1) is 0 Å². The van der Waals surface area contributed by atoms with Crippen LogP contribution in [0.25, 0.3) is 0 Å². The van der Waals surface area contributed by atoms with E-state index in [1.165, 1.54) is 0 Å². The van der Waals surface area contributed by atoms with Gasteiger partial charge in [-0.3, -0.25) is 0 Å². The molecule has 5 heteroatoms. The van der Waals surface area contributed by atoms with Crippen molar-refractivity contribution in [3.05, 3.63) is 0 Å². The monoisotopic (exact) mass is 233 g/mol. The molecule has 0 heterocycles. The van der Waals surface area contributed by atoms with Crippen LogP contribution in [0.5, 0.6) is 0 Å². The molecule has 0 bridgehead atoms. The van der Waals surface area contributed by atoms with Gasteiger partial charge in [0, 0.05) is 26.4 Å². The topological polar surface area (TPSA) is 36.9 Å². The van der Waals surface area contributed by atoms with E-state index < -0.39 is 11.7 Å². The van der Waals surface area contributed by atoms with Gasteiger partial charge >= 0.3 is 0 Å². The molecule has 4 nitrogen and oxygen atoms in total. The molecule has 0 saturated carbocycles. The van der Waals surface area contributed by atoms with Gasteiger partial charge in [-0.25, -0.2) is 0 Å². The van der Waals surface area contributed by atoms with E-state index in [4.69, 9.17) is 18.9 Å². The summed E-state index contributed by atoms with van der Waals surface area (Å²) in [4.78, 5) is 0. The molecule has 0 amide bonds. The Bertz CT molecular complexity index is 142. The molecular weight excluding hydrogens is 212 g/mol. The van der Waals surface area contributed by atoms with Crippen molar-refractivity contribution in [2.75, 3.05) is 26.4 Å². The molecule has 0 saturated heterocycles. The van der Waals surface area contributed by atoms with Gasteiger partial charge in [0.15, 0.2) is 5.41 Å². The quantitative estimate of drug-likeness (QED) is 0.444. The van der Waals surface area contributed by atoms with Gasteiger partial charge in [-0.2, -0.15) is 0 Å². The van der Waals surface area contributed by atoms with Crippen molar-refractivity contribution in [2.24, 2.45) is 0 Å². The molecule has 0 spiro atoms. The van der Waals surface area contributed by atoms with E-state index in [0.717, 1.165) is 0 Å². The minimum Gasteiger partial charge on any atom is -0.350 e. The Labute approximate surface area is 95.6 Å². The minimum atomic E-state index is -1.02. The van der Waals surface area contributed by atoms with E-state index in [0.29, 0.717) is 26.4 Å². The van der Waals surface area contributed by atoms with Crippen LogP contribution in [-0.4, -0.2) is 48.4 Å². The van der Waals surface area contributed by atoms with Gasteiger partial charge in [0.2, 0.25) is 6.29 Å². The summed E-state index contributed by atoms with van der Waals surface area (Å²) in [7, 11) is 3.44. The second-order valence-corrected chi connectivity index (χ2v) is 3.47. The highest BCUT2D eigenvalue weighted by atomic mass is 28.1. The number of ether oxygens (including phenoxy) is 4. The minimum absolute atomic E-state index is 0.514. The molecular formula is C10H21O4Si. The largest absolute Gasteiger partial charge is 0.350 e. The first-order valence-corrected chi connectivity index (χ1v) is 5.90. The Morgan fingerprint density at radius 2 is 1.27 bits per heavy atom. The Morgan fingerprint density at radius 3 is 1.53 bits per heavy atom. The molecule has 0 aliphatic carbocycles. The molecule has 89 valence electrons. The maximum atomic E-state index is 5.48. The molecule has 0 rings (SSSR count). The summed E-state index contributed by atoms with van der Waals surface area (Å²) in [6.45, 7) is 9.69. The first-order chi connectivity index (χ1) is 7.14. The first kappa shape index (κ1) is 15.1. The van der Waals surface area contributed by atoms with Crippen LogP contribution in [0.4, 0.5) is 0 Å². The molecule has 0 fully saturated rings. The van der Waals surface area contributed by atoms with Crippen LogP contribution in [0.1, 0.15) is 27.7 Å². The van der Waals surface area contributed by atoms with Crippen LogP contribution in [0.2, 0.25) is 0 Å². The second kappa shape index (κ2) is 8.24. The summed E-state index contributed by atoms with van der Waals surface area (Å²) in [6.07, 6.45) is -0.566. The van der Waals surface area contributed by atoms with Crippen molar-refractivity contribution in [1.82, 2.24) is 0 Å². The van der Waals surface area contributed by atoms with Gasteiger partial charge in [0.25, 0.3) is 0 Å². The van der Waals surface area contributed by atoms with Gasteiger partial charge in [-0.05, 0) is 27.7 Å². The molecule has 0 aromatic rings. The Morgan fingerprint density at radius 1 is 0.867 bits per heavy atom. The van der Waals surface area contributed by atoms with Crippen molar-refractivity contribution in [1.29, 1.82) is 0 Å². The molecule has 0 unspecified atom stereocenters. The highest BCUT2D eigenvalue weighted by molar-refractivity contribution is 6.13. The predicted molar refractivity (Wildman–Crippen MR) is 58.8 cm³/mol. The zero-order chi connectivity index (χ0) is 11.7. The smallest absolute Gasteiger partial charge is 0.207 e. The molecule has 3 radical (unpaired) electrons. The molecule has 0 N–H and O–H groups in total. The first-order valence-electron chi connectivity index (χ1n) is 5.40. The number of rotatable bonds is 9. The van der Waals surface area contributed by atoms with Crippen LogP contribution >= 0.6 is 0 Å². The molecule has 0 aromatic carbocycles. The summed E-state index contributed by atoms with van der Waals surface area (Å²) in [5, 5.41) is 0. The third-order valence-corrected chi connectivity index (χ3v) is 2.19. The van der Waals surface area contributed by atoms with Crippen molar-refractivity contribution < 1.29 is 18.9 Å². The van der Waals surface area contributed by atoms with E-state index in [9.17, 15) is 0 Å². The maximum absolute atomic E-state index is 5.48. The van der Waals surface area contributed by atoms with Crippen LogP contribution in [-0.2, 0) is 18.9 Å². The van der Waals surface area contributed by atoms with Crippen LogP contribution in [0.15, 0.2) is 0 Å². The Hall–Kier alpha value is 0.0569. The summed E-state index contributed by atoms with van der Waals surface area (Å²) in [6, 6.07) is 0. The van der Waals surface area contributed by atoms with Crippen molar-refractivity contribution in [2.45, 2.75) is 39.4 Å². The average molecular weight is 233 g/mol. The summed E-state index contributed by atoms with van der Waals surface area (Å²) in [5.74, 6) is 0. The predicted octanol–water partition coefficient (Wildman–Crippen LogP) is 1.28. The molecule has 0 aromatic heterocycles. The van der Waals surface area contributed by atoms with Gasteiger partial charge < -0.3 is 18.9 Å². The van der Waals surface area contributed by atoms with Crippen LogP contribution < -0.4 is 0 Å². The molecule has 0 atom stereocenters. The fourth-order valence-electron chi connectivity index (χ4n) is 1.18. The third-order valence-electron chi connectivity index (χ3n) is 1.66. The van der Waals surface area contributed by atoms with Gasteiger partial charge in [0.05, 0.1) is 0 Å². The second-order valence-electron chi connectivity index (χ2n) is 2.78. The van der Waals surface area contributed by atoms with Crippen molar-refractivity contribution in [3.8, 4) is 0 Å². The maximum Gasteiger partial charge on any atom is 0.207 e. The molecule has 0 aliphatic heterocycles. The number of hydrogen-bond donors (Lipinski definition) is 0. The summed E-state index contributed by atoms with van der Waals surface area (Å²) in [5.41, 5.74) is -1.02. The highest BCUT2D eigenvalue weighted by Crippen LogP contribution is 2.18. The summed E-state index contributed by atoms with van der Waals surface area (Å²) < 4.78 is 21.8. The van der Waals surface area contributed by atoms with E-state index in [1.807, 2.05) is 27.7 Å². The van der Waals surface area contributed by atoms with E-state index in [2.05, 4.69) is 10.2 Å². The lowest BCUT2D eigenvalue weighted by Gasteiger charge is -2.36. The van der Waals surface area contributed by atoms with E-state index in [1.54, 1.807) is 0 Å². The van der Waals surface area contributed by atoms with E-state index >= 15 is 0 Å². The van der Waals surface area contributed by atoms with E-state index in [-0.39, 0.29) is 0 Å². The zero-order valence-corrected chi connectivity index (χ0v) is 11.0. The van der Waals surface area contributed by atoms with Gasteiger partial charge in [0.1, 0.15) is 10.2 Å². The molecule has 15 heavy (non-hydrogen) atoms. The average Bonchev–Trinajstić information content (AvgIpc) is 2.18. The lowest BCUT2D eigenvalue weighted by molar-refractivity contribution is -0.307. The van der Waals surface area contributed by atoms with Crippen LogP contribution in [0, 0.1) is 0 Å². The number of hydrogen-bond acceptors (Lipinski definition) is 4. The lowest BCUT2D eigenvalue weighted by Crippen LogP contribution is -2.51. The Balaban J connectivity index is 4.48. The zero-order valence-electron chi connectivity index (χ0n) is 10.0. The van der Waals surface area contributed by atoms with Gasteiger partial charge in [-0.1, -0.05) is 0 Å². The fraction of sp³-hybridized carbons (Fsp3) is 1.00. The normalized spacial score (nSPS) is 12.4. The highest BCUT2D eigenvalue weighted by Gasteiger charge is 2.37. The standard InChI is InChI=1S/C10H21O4Si/c1-5-11-9(12-6-2)10(15,13-7-3)14-8-4/h9H,5-8H2,1-4H3. The van der Waals surface area contributed by atoms with Crippen molar-refractivity contribution >= 4 is 10.2 Å². The van der Waals surface area contributed by atoms with Crippen LogP contribution in [0.3, 0.4) is 0 Å². The Kier molecular flexibility index (Phi) is 8.27.